The molecule has 1 heterocycles. The molecule has 0 unspecified atom stereocenters. The van der Waals surface area contributed by atoms with Crippen molar-refractivity contribution in [1.29, 1.82) is 0 Å². The van der Waals surface area contributed by atoms with E-state index in [1.165, 1.54) is 5.01 Å². The van der Waals surface area contributed by atoms with E-state index in [1.807, 2.05) is 30.3 Å². The Labute approximate surface area is 151 Å². The number of aliphatic imine (C=N–C) groups is 1. The Hall–Kier alpha value is -3.28. The number of ether oxygens (including phenoxy) is 1. The van der Waals surface area contributed by atoms with E-state index in [2.05, 4.69) is 10.1 Å². The van der Waals surface area contributed by atoms with Gasteiger partial charge in [0.2, 0.25) is 0 Å². The van der Waals surface area contributed by atoms with Gasteiger partial charge in [-0.3, -0.25) is 9.79 Å². The molecule has 0 bridgehead atoms. The maximum atomic E-state index is 12.6. The number of benzene rings is 2. The molecule has 0 radical (unpaired) electrons. The van der Waals surface area contributed by atoms with Crippen LogP contribution in [-0.4, -0.2) is 30.4 Å². The topological polar surface area (TPSA) is 71.3 Å². The van der Waals surface area contributed by atoms with Gasteiger partial charge in [0.25, 0.3) is 5.91 Å². The standard InChI is InChI=1S/C20H19N3O3/c1-3-26-20(25)15-9-11-16(12-10-15)21-13-18-14(2)22-23(19(18)24)17-7-5-4-6-8-17/h4-13,18H,3H2,1-2H3/t18-/m0/s1. The summed E-state index contributed by atoms with van der Waals surface area (Å²) in [5, 5.41) is 5.74. The first-order valence-electron chi connectivity index (χ1n) is 8.35. The number of carbonyl (C=O) groups is 2. The second-order valence-corrected chi connectivity index (χ2v) is 5.75. The molecule has 0 spiro atoms. The number of amides is 1. The quantitative estimate of drug-likeness (QED) is 0.611. The summed E-state index contributed by atoms with van der Waals surface area (Å²) in [6, 6.07) is 16.0. The number of rotatable bonds is 5. The number of esters is 1. The van der Waals surface area contributed by atoms with Crippen LogP contribution in [0.25, 0.3) is 0 Å². The second kappa shape index (κ2) is 7.74. The minimum atomic E-state index is -0.500. The van der Waals surface area contributed by atoms with E-state index in [1.54, 1.807) is 44.3 Å². The average molecular weight is 349 g/mol. The summed E-state index contributed by atoms with van der Waals surface area (Å²) in [5.41, 5.74) is 2.53. The molecule has 1 amide bonds. The molecule has 0 saturated carbocycles. The van der Waals surface area contributed by atoms with E-state index in [0.717, 1.165) is 5.69 Å². The van der Waals surface area contributed by atoms with Gasteiger partial charge in [-0.05, 0) is 50.2 Å². The third-order valence-corrected chi connectivity index (χ3v) is 3.93. The molecular formula is C20H19N3O3. The number of carbonyl (C=O) groups excluding carboxylic acids is 2. The lowest BCUT2D eigenvalue weighted by Crippen LogP contribution is -2.27. The van der Waals surface area contributed by atoms with Gasteiger partial charge in [0.15, 0.2) is 0 Å². The first-order valence-corrected chi connectivity index (χ1v) is 8.35. The van der Waals surface area contributed by atoms with Gasteiger partial charge in [-0.1, -0.05) is 18.2 Å². The van der Waals surface area contributed by atoms with E-state index in [9.17, 15) is 9.59 Å². The predicted octanol–water partition coefficient (Wildman–Crippen LogP) is 3.60. The minimum absolute atomic E-state index is 0.138. The van der Waals surface area contributed by atoms with Gasteiger partial charge in [0.05, 0.1) is 29.3 Å². The third kappa shape index (κ3) is 3.69. The minimum Gasteiger partial charge on any atom is -0.462 e. The van der Waals surface area contributed by atoms with Gasteiger partial charge in [-0.2, -0.15) is 10.1 Å². The van der Waals surface area contributed by atoms with Crippen LogP contribution in [0.4, 0.5) is 11.4 Å². The Morgan fingerprint density at radius 2 is 1.88 bits per heavy atom. The van der Waals surface area contributed by atoms with E-state index >= 15 is 0 Å². The molecule has 132 valence electrons. The van der Waals surface area contributed by atoms with Crippen LogP contribution in [0.5, 0.6) is 0 Å². The van der Waals surface area contributed by atoms with Crippen LogP contribution in [0, 0.1) is 5.92 Å². The van der Waals surface area contributed by atoms with Crippen LogP contribution in [0.3, 0.4) is 0 Å². The first-order chi connectivity index (χ1) is 12.6. The van der Waals surface area contributed by atoms with Crippen LogP contribution in [0.1, 0.15) is 24.2 Å². The van der Waals surface area contributed by atoms with E-state index in [-0.39, 0.29) is 11.9 Å². The summed E-state index contributed by atoms with van der Waals surface area (Å²) < 4.78 is 4.95. The monoisotopic (exact) mass is 349 g/mol. The highest BCUT2D eigenvalue weighted by Gasteiger charge is 2.33. The molecule has 1 aliphatic rings. The van der Waals surface area contributed by atoms with Gasteiger partial charge in [-0.15, -0.1) is 0 Å². The molecule has 0 fully saturated rings. The van der Waals surface area contributed by atoms with Crippen molar-refractivity contribution >= 4 is 35.2 Å². The normalized spacial score (nSPS) is 16.8. The fourth-order valence-corrected chi connectivity index (χ4v) is 2.56. The van der Waals surface area contributed by atoms with E-state index in [0.29, 0.717) is 23.6 Å². The highest BCUT2D eigenvalue weighted by molar-refractivity contribution is 6.23. The zero-order valence-corrected chi connectivity index (χ0v) is 14.6. The van der Waals surface area contributed by atoms with Crippen molar-refractivity contribution in [2.75, 3.05) is 11.6 Å². The molecule has 1 aliphatic heterocycles. The highest BCUT2D eigenvalue weighted by atomic mass is 16.5. The number of hydrogen-bond donors (Lipinski definition) is 0. The number of nitrogens with zero attached hydrogens (tertiary/aromatic N) is 3. The van der Waals surface area contributed by atoms with Gasteiger partial charge in [0.1, 0.15) is 5.92 Å². The van der Waals surface area contributed by atoms with Crippen molar-refractivity contribution < 1.29 is 14.3 Å². The molecule has 2 aromatic carbocycles. The van der Waals surface area contributed by atoms with Gasteiger partial charge in [0, 0.05) is 6.21 Å². The largest absolute Gasteiger partial charge is 0.462 e. The van der Waals surface area contributed by atoms with E-state index in [4.69, 9.17) is 4.74 Å². The molecular weight excluding hydrogens is 330 g/mol. The molecule has 26 heavy (non-hydrogen) atoms. The highest BCUT2D eigenvalue weighted by Crippen LogP contribution is 2.23. The maximum absolute atomic E-state index is 12.6. The van der Waals surface area contributed by atoms with Crippen molar-refractivity contribution in [2.45, 2.75) is 13.8 Å². The van der Waals surface area contributed by atoms with Crippen LogP contribution < -0.4 is 5.01 Å². The van der Waals surface area contributed by atoms with Crippen LogP contribution >= 0.6 is 0 Å². The fraction of sp³-hybridized carbons (Fsp3) is 0.200. The van der Waals surface area contributed by atoms with E-state index < -0.39 is 5.92 Å². The zero-order valence-electron chi connectivity index (χ0n) is 14.6. The molecule has 2 aromatic rings. The van der Waals surface area contributed by atoms with Crippen LogP contribution in [0.15, 0.2) is 64.7 Å². The predicted molar refractivity (Wildman–Crippen MR) is 101 cm³/mol. The first kappa shape index (κ1) is 17.5. The average Bonchev–Trinajstić information content (AvgIpc) is 2.95. The van der Waals surface area contributed by atoms with Crippen molar-refractivity contribution in [3.63, 3.8) is 0 Å². The van der Waals surface area contributed by atoms with Gasteiger partial charge < -0.3 is 4.74 Å². The Morgan fingerprint density at radius 1 is 1.19 bits per heavy atom. The molecule has 0 saturated heterocycles. The Balaban J connectivity index is 1.72. The summed E-state index contributed by atoms with van der Waals surface area (Å²) in [6.45, 7) is 3.90. The Morgan fingerprint density at radius 3 is 2.54 bits per heavy atom. The third-order valence-electron chi connectivity index (χ3n) is 3.93. The van der Waals surface area contributed by atoms with Crippen molar-refractivity contribution in [1.82, 2.24) is 0 Å². The van der Waals surface area contributed by atoms with Crippen molar-refractivity contribution in [3.05, 3.63) is 60.2 Å². The summed E-state index contributed by atoms with van der Waals surface area (Å²) in [5.74, 6) is -1.00. The lowest BCUT2D eigenvalue weighted by Gasteiger charge is -2.12. The summed E-state index contributed by atoms with van der Waals surface area (Å²) in [7, 11) is 0. The van der Waals surface area contributed by atoms with Gasteiger partial charge >= 0.3 is 5.97 Å². The van der Waals surface area contributed by atoms with Crippen LogP contribution in [0.2, 0.25) is 0 Å². The Bertz CT molecular complexity index is 858. The van der Waals surface area contributed by atoms with Crippen LogP contribution in [-0.2, 0) is 9.53 Å². The smallest absolute Gasteiger partial charge is 0.338 e. The lowest BCUT2D eigenvalue weighted by molar-refractivity contribution is -0.118. The summed E-state index contributed by atoms with van der Waals surface area (Å²) in [4.78, 5) is 28.6. The Kier molecular flexibility index (Phi) is 5.22. The SMILES string of the molecule is CCOC(=O)c1ccc(N=C[C@@H]2C(=O)N(c3ccccc3)N=C2C)cc1. The molecule has 6 heteroatoms. The number of para-hydroxylation sites is 1. The fourth-order valence-electron chi connectivity index (χ4n) is 2.56. The van der Waals surface area contributed by atoms with Gasteiger partial charge in [-0.25, -0.2) is 4.79 Å². The second-order valence-electron chi connectivity index (χ2n) is 5.75. The molecule has 3 rings (SSSR count). The molecule has 6 nitrogen and oxygen atoms in total. The number of hydrogen-bond acceptors (Lipinski definition) is 5. The molecule has 0 aromatic heterocycles. The van der Waals surface area contributed by atoms with Crippen molar-refractivity contribution in [3.8, 4) is 0 Å². The van der Waals surface area contributed by atoms with Crippen molar-refractivity contribution in [2.24, 2.45) is 16.0 Å². The molecule has 1 atom stereocenters. The summed E-state index contributed by atoms with van der Waals surface area (Å²) >= 11 is 0. The number of anilines is 1. The molecule has 0 N–H and O–H groups in total. The lowest BCUT2D eigenvalue weighted by atomic mass is 10.1. The molecule has 0 aliphatic carbocycles. The number of hydrazone groups is 1. The zero-order chi connectivity index (χ0) is 18.5. The maximum Gasteiger partial charge on any atom is 0.338 e. The summed E-state index contributed by atoms with van der Waals surface area (Å²) in [6.07, 6.45) is 1.59.